The van der Waals surface area contributed by atoms with Crippen molar-refractivity contribution in [2.75, 3.05) is 4.90 Å². The lowest BCUT2D eigenvalue weighted by Crippen LogP contribution is -2.54. The lowest BCUT2D eigenvalue weighted by atomic mass is 10.1. The molecule has 1 heterocycles. The van der Waals surface area contributed by atoms with Crippen LogP contribution >= 0.6 is 0 Å². The van der Waals surface area contributed by atoms with Gasteiger partial charge in [0.1, 0.15) is 23.7 Å². The van der Waals surface area contributed by atoms with Gasteiger partial charge >= 0.3 is 6.03 Å². The molecule has 0 aromatic heterocycles. The third kappa shape index (κ3) is 4.35. The Morgan fingerprint density at radius 1 is 0.903 bits per heavy atom. The van der Waals surface area contributed by atoms with Gasteiger partial charge < -0.3 is 4.74 Å². The molecule has 6 nitrogen and oxygen atoms in total. The topological polar surface area (TPSA) is 75.7 Å². The molecule has 0 radical (unpaired) electrons. The molecule has 1 aliphatic rings. The number of hydrogen-bond acceptors (Lipinski definition) is 4. The molecule has 154 valence electrons. The lowest BCUT2D eigenvalue weighted by Gasteiger charge is -2.26. The molecular formula is C24H17FN2O4. The van der Waals surface area contributed by atoms with E-state index < -0.39 is 17.8 Å². The number of urea groups is 1. The Balaban J connectivity index is 1.63. The minimum Gasteiger partial charge on any atom is -0.488 e. The van der Waals surface area contributed by atoms with Gasteiger partial charge in [-0.1, -0.05) is 48.5 Å². The molecule has 1 fully saturated rings. The molecule has 1 N–H and O–H groups in total. The highest BCUT2D eigenvalue weighted by molar-refractivity contribution is 6.39. The summed E-state index contributed by atoms with van der Waals surface area (Å²) in [7, 11) is 0. The number of amides is 4. The third-order valence-corrected chi connectivity index (χ3v) is 4.62. The fourth-order valence-electron chi connectivity index (χ4n) is 3.14. The van der Waals surface area contributed by atoms with Gasteiger partial charge in [0.15, 0.2) is 0 Å². The van der Waals surface area contributed by atoms with Crippen molar-refractivity contribution in [1.82, 2.24) is 5.32 Å². The zero-order valence-electron chi connectivity index (χ0n) is 16.2. The van der Waals surface area contributed by atoms with Crippen molar-refractivity contribution in [1.29, 1.82) is 0 Å². The monoisotopic (exact) mass is 416 g/mol. The normalized spacial score (nSPS) is 15.2. The van der Waals surface area contributed by atoms with Gasteiger partial charge in [-0.3, -0.25) is 14.9 Å². The second-order valence-corrected chi connectivity index (χ2v) is 6.75. The predicted molar refractivity (Wildman–Crippen MR) is 113 cm³/mol. The van der Waals surface area contributed by atoms with E-state index in [4.69, 9.17) is 4.74 Å². The average molecular weight is 416 g/mol. The zero-order valence-corrected chi connectivity index (χ0v) is 16.2. The Bertz CT molecular complexity index is 1190. The SMILES string of the molecule is O=C1NC(=O)N(c2ccccc2)C(=O)/C1=C/c1ccccc1OCc1cccc(F)c1. The number of barbiturate groups is 1. The highest BCUT2D eigenvalue weighted by atomic mass is 19.1. The number of halogens is 1. The van der Waals surface area contributed by atoms with Gasteiger partial charge in [-0.05, 0) is 42.0 Å². The standard InChI is InChI=1S/C24H17FN2O4/c25-18-9-6-7-16(13-18)15-31-21-12-5-4-8-17(21)14-20-22(28)26-24(30)27(23(20)29)19-10-2-1-3-11-19/h1-14H,15H2,(H,26,28,30)/b20-14+. The summed E-state index contributed by atoms with van der Waals surface area (Å²) >= 11 is 0. The molecule has 31 heavy (non-hydrogen) atoms. The Kier molecular flexibility index (Phi) is 5.57. The molecule has 0 unspecified atom stereocenters. The number of carbonyl (C=O) groups is 3. The molecule has 0 bridgehead atoms. The fraction of sp³-hybridized carbons (Fsp3) is 0.0417. The van der Waals surface area contributed by atoms with Crippen molar-refractivity contribution in [2.24, 2.45) is 0 Å². The van der Waals surface area contributed by atoms with Crippen LogP contribution in [0.2, 0.25) is 0 Å². The van der Waals surface area contributed by atoms with Gasteiger partial charge in [0.25, 0.3) is 11.8 Å². The quantitative estimate of drug-likeness (QED) is 0.503. The van der Waals surface area contributed by atoms with Gasteiger partial charge in [-0.25, -0.2) is 14.1 Å². The van der Waals surface area contributed by atoms with Gasteiger partial charge in [-0.2, -0.15) is 0 Å². The van der Waals surface area contributed by atoms with E-state index in [1.54, 1.807) is 66.7 Å². The minimum atomic E-state index is -0.811. The van der Waals surface area contributed by atoms with Crippen LogP contribution in [0.5, 0.6) is 5.75 Å². The smallest absolute Gasteiger partial charge is 0.335 e. The molecule has 3 aromatic carbocycles. The summed E-state index contributed by atoms with van der Waals surface area (Å²) in [6.45, 7) is 0.104. The summed E-state index contributed by atoms with van der Waals surface area (Å²) in [5.41, 5.74) is 1.25. The Morgan fingerprint density at radius 2 is 1.65 bits per heavy atom. The van der Waals surface area contributed by atoms with Crippen LogP contribution in [0.1, 0.15) is 11.1 Å². The van der Waals surface area contributed by atoms with Crippen LogP contribution in [-0.4, -0.2) is 17.8 Å². The number of carbonyl (C=O) groups excluding carboxylic acids is 3. The first-order valence-corrected chi connectivity index (χ1v) is 9.46. The number of ether oxygens (including phenoxy) is 1. The van der Waals surface area contributed by atoms with Gasteiger partial charge in [0.05, 0.1) is 5.69 Å². The Hall–Kier alpha value is -4.26. The van der Waals surface area contributed by atoms with Crippen LogP contribution in [0, 0.1) is 5.82 Å². The van der Waals surface area contributed by atoms with Crippen LogP contribution in [0.3, 0.4) is 0 Å². The highest BCUT2D eigenvalue weighted by Gasteiger charge is 2.36. The molecule has 3 aromatic rings. The van der Waals surface area contributed by atoms with E-state index in [1.807, 2.05) is 0 Å². The molecule has 0 saturated carbocycles. The van der Waals surface area contributed by atoms with E-state index in [0.717, 1.165) is 4.90 Å². The molecular weight excluding hydrogens is 399 g/mol. The lowest BCUT2D eigenvalue weighted by molar-refractivity contribution is -0.122. The van der Waals surface area contributed by atoms with Gasteiger partial charge in [0, 0.05) is 5.56 Å². The van der Waals surface area contributed by atoms with E-state index in [9.17, 15) is 18.8 Å². The number of hydrogen-bond donors (Lipinski definition) is 1. The van der Waals surface area contributed by atoms with Crippen molar-refractivity contribution in [2.45, 2.75) is 6.61 Å². The zero-order chi connectivity index (χ0) is 21.8. The number of nitrogens with zero attached hydrogens (tertiary/aromatic N) is 1. The van der Waals surface area contributed by atoms with Crippen LogP contribution in [0.15, 0.2) is 84.4 Å². The molecule has 4 rings (SSSR count). The fourth-order valence-corrected chi connectivity index (χ4v) is 3.14. The highest BCUT2D eigenvalue weighted by Crippen LogP contribution is 2.26. The summed E-state index contributed by atoms with van der Waals surface area (Å²) in [5.74, 6) is -1.49. The first kappa shape index (κ1) is 20.0. The maximum atomic E-state index is 13.4. The second kappa shape index (κ2) is 8.62. The van der Waals surface area contributed by atoms with Crippen molar-refractivity contribution >= 4 is 29.6 Å². The predicted octanol–water partition coefficient (Wildman–Crippen LogP) is 4.07. The van der Waals surface area contributed by atoms with E-state index >= 15 is 0 Å². The van der Waals surface area contributed by atoms with E-state index in [1.165, 1.54) is 18.2 Å². The summed E-state index contributed by atoms with van der Waals surface area (Å²) < 4.78 is 19.2. The van der Waals surface area contributed by atoms with Gasteiger partial charge in [-0.15, -0.1) is 0 Å². The third-order valence-electron chi connectivity index (χ3n) is 4.62. The number of benzene rings is 3. The molecule has 4 amide bonds. The summed E-state index contributed by atoms with van der Waals surface area (Å²) in [6, 6.07) is 20.4. The van der Waals surface area contributed by atoms with Crippen LogP contribution in [0.25, 0.3) is 6.08 Å². The molecule has 1 aliphatic heterocycles. The second-order valence-electron chi connectivity index (χ2n) is 6.75. The molecule has 0 aliphatic carbocycles. The maximum Gasteiger partial charge on any atom is 0.335 e. The van der Waals surface area contributed by atoms with E-state index in [0.29, 0.717) is 22.6 Å². The number of nitrogens with one attached hydrogen (secondary N) is 1. The minimum absolute atomic E-state index is 0.104. The summed E-state index contributed by atoms with van der Waals surface area (Å²) in [5, 5.41) is 2.19. The van der Waals surface area contributed by atoms with Crippen molar-refractivity contribution in [3.63, 3.8) is 0 Å². The molecule has 0 atom stereocenters. The molecule has 0 spiro atoms. The largest absolute Gasteiger partial charge is 0.488 e. The Morgan fingerprint density at radius 3 is 2.42 bits per heavy atom. The van der Waals surface area contributed by atoms with Crippen LogP contribution in [0.4, 0.5) is 14.9 Å². The summed E-state index contributed by atoms with van der Waals surface area (Å²) in [4.78, 5) is 38.5. The average Bonchev–Trinajstić information content (AvgIpc) is 2.76. The first-order chi connectivity index (χ1) is 15.0. The first-order valence-electron chi connectivity index (χ1n) is 9.46. The van der Waals surface area contributed by atoms with Crippen molar-refractivity contribution < 1.29 is 23.5 Å². The Labute approximate surface area is 177 Å². The van der Waals surface area contributed by atoms with Crippen molar-refractivity contribution in [3.8, 4) is 5.75 Å². The van der Waals surface area contributed by atoms with Crippen LogP contribution in [-0.2, 0) is 16.2 Å². The van der Waals surface area contributed by atoms with Crippen molar-refractivity contribution in [3.05, 3.63) is 101 Å². The van der Waals surface area contributed by atoms with E-state index in [2.05, 4.69) is 5.32 Å². The summed E-state index contributed by atoms with van der Waals surface area (Å²) in [6.07, 6.45) is 1.38. The van der Waals surface area contributed by atoms with E-state index in [-0.39, 0.29) is 18.0 Å². The number of rotatable bonds is 5. The number of anilines is 1. The maximum absolute atomic E-state index is 13.4. The molecule has 7 heteroatoms. The van der Waals surface area contributed by atoms with Gasteiger partial charge in [0.2, 0.25) is 0 Å². The number of imide groups is 2. The molecule has 1 saturated heterocycles. The van der Waals surface area contributed by atoms with Crippen LogP contribution < -0.4 is 15.0 Å². The number of para-hydroxylation sites is 2.